The molecule has 2 unspecified atom stereocenters. The van der Waals surface area contributed by atoms with Crippen molar-refractivity contribution >= 4 is 12.0 Å². The van der Waals surface area contributed by atoms with Crippen molar-refractivity contribution in [2.75, 3.05) is 13.1 Å². The van der Waals surface area contributed by atoms with Gasteiger partial charge in [0.1, 0.15) is 6.04 Å². The third-order valence-corrected chi connectivity index (χ3v) is 3.60. The number of hydrogen-bond acceptors (Lipinski definition) is 3. The fourth-order valence-electron chi connectivity index (χ4n) is 2.51. The highest BCUT2D eigenvalue weighted by Crippen LogP contribution is 2.13. The van der Waals surface area contributed by atoms with Gasteiger partial charge in [0.05, 0.1) is 0 Å². The molecule has 0 saturated carbocycles. The van der Waals surface area contributed by atoms with Gasteiger partial charge < -0.3 is 15.7 Å². The van der Waals surface area contributed by atoms with Crippen LogP contribution in [0.3, 0.4) is 0 Å². The summed E-state index contributed by atoms with van der Waals surface area (Å²) in [7, 11) is 0. The number of likely N-dealkylation sites (tertiary alicyclic amines) is 1. The highest BCUT2D eigenvalue weighted by molar-refractivity contribution is 5.85. The first-order valence-electron chi connectivity index (χ1n) is 7.10. The van der Waals surface area contributed by atoms with E-state index < -0.39 is 12.1 Å². The first-order chi connectivity index (χ1) is 10.0. The molecule has 1 fully saturated rings. The Morgan fingerprint density at radius 3 is 2.76 bits per heavy atom. The largest absolute Gasteiger partial charge is 0.465 e. The summed E-state index contributed by atoms with van der Waals surface area (Å²) in [4.78, 5) is 24.6. The molecule has 0 aliphatic carbocycles. The van der Waals surface area contributed by atoms with Crippen LogP contribution in [-0.2, 0) is 11.3 Å². The fraction of sp³-hybridized carbons (Fsp3) is 0.467. The molecule has 21 heavy (non-hydrogen) atoms. The molecule has 0 aromatic heterocycles. The zero-order valence-electron chi connectivity index (χ0n) is 12.1. The van der Waals surface area contributed by atoms with E-state index in [1.807, 2.05) is 18.2 Å². The van der Waals surface area contributed by atoms with Crippen LogP contribution in [0.1, 0.15) is 18.9 Å². The van der Waals surface area contributed by atoms with Crippen LogP contribution in [-0.4, -0.2) is 47.2 Å². The normalized spacial score (nSPS) is 20.0. The smallest absolute Gasteiger partial charge is 0.405 e. The van der Waals surface area contributed by atoms with Gasteiger partial charge in [-0.15, -0.1) is 0 Å². The Labute approximate surface area is 124 Å². The van der Waals surface area contributed by atoms with Gasteiger partial charge in [-0.2, -0.15) is 0 Å². The van der Waals surface area contributed by atoms with Crippen molar-refractivity contribution in [2.45, 2.75) is 32.0 Å². The molecule has 2 amide bonds. The first kappa shape index (κ1) is 15.3. The van der Waals surface area contributed by atoms with Crippen LogP contribution in [0.25, 0.3) is 0 Å². The second kappa shape index (κ2) is 7.08. The lowest BCUT2D eigenvalue weighted by molar-refractivity contribution is -0.123. The minimum Gasteiger partial charge on any atom is -0.465 e. The van der Waals surface area contributed by atoms with Gasteiger partial charge in [-0.1, -0.05) is 30.3 Å². The molecular weight excluding hydrogens is 270 g/mol. The molecule has 1 aliphatic rings. The van der Waals surface area contributed by atoms with Gasteiger partial charge in [0, 0.05) is 25.7 Å². The van der Waals surface area contributed by atoms with E-state index in [0.29, 0.717) is 0 Å². The number of rotatable bonds is 5. The van der Waals surface area contributed by atoms with E-state index in [2.05, 4.69) is 27.7 Å². The van der Waals surface area contributed by atoms with Gasteiger partial charge in [0.25, 0.3) is 0 Å². The Hall–Kier alpha value is -2.08. The zero-order chi connectivity index (χ0) is 15.2. The van der Waals surface area contributed by atoms with Crippen LogP contribution in [0.2, 0.25) is 0 Å². The first-order valence-corrected chi connectivity index (χ1v) is 7.10. The lowest BCUT2D eigenvalue weighted by Gasteiger charge is -2.18. The predicted molar refractivity (Wildman–Crippen MR) is 78.9 cm³/mol. The van der Waals surface area contributed by atoms with Crippen molar-refractivity contribution in [1.29, 1.82) is 0 Å². The quantitative estimate of drug-likeness (QED) is 0.757. The molecule has 114 valence electrons. The van der Waals surface area contributed by atoms with Crippen LogP contribution in [0.4, 0.5) is 4.79 Å². The molecule has 3 N–H and O–H groups in total. The highest BCUT2D eigenvalue weighted by atomic mass is 16.4. The van der Waals surface area contributed by atoms with Gasteiger partial charge in [-0.25, -0.2) is 4.79 Å². The molecule has 0 radical (unpaired) electrons. The Morgan fingerprint density at radius 1 is 1.38 bits per heavy atom. The second-order valence-corrected chi connectivity index (χ2v) is 5.39. The van der Waals surface area contributed by atoms with Crippen molar-refractivity contribution in [1.82, 2.24) is 15.5 Å². The van der Waals surface area contributed by atoms with Gasteiger partial charge in [0.15, 0.2) is 0 Å². The molecule has 0 spiro atoms. The third-order valence-electron chi connectivity index (χ3n) is 3.60. The number of hydrogen-bond donors (Lipinski definition) is 3. The summed E-state index contributed by atoms with van der Waals surface area (Å²) >= 11 is 0. The van der Waals surface area contributed by atoms with Gasteiger partial charge in [0.2, 0.25) is 5.91 Å². The monoisotopic (exact) mass is 291 g/mol. The Morgan fingerprint density at radius 2 is 2.10 bits per heavy atom. The Balaban J connectivity index is 1.77. The third kappa shape index (κ3) is 4.75. The molecule has 6 nitrogen and oxygen atoms in total. The van der Waals surface area contributed by atoms with E-state index in [1.165, 1.54) is 5.56 Å². The van der Waals surface area contributed by atoms with Gasteiger partial charge in [-0.05, 0) is 18.9 Å². The summed E-state index contributed by atoms with van der Waals surface area (Å²) in [5, 5.41) is 13.7. The average Bonchev–Trinajstić information content (AvgIpc) is 2.86. The molecule has 1 heterocycles. The van der Waals surface area contributed by atoms with Crippen molar-refractivity contribution in [3.63, 3.8) is 0 Å². The standard InChI is InChI=1S/C15H21N3O3/c1-11(16-15(20)21)14(19)17-13-7-8-18(10-13)9-12-5-3-2-4-6-12/h2-6,11,13,16H,7-10H2,1H3,(H,17,19)(H,20,21). The SMILES string of the molecule is CC(NC(=O)O)C(=O)NC1CCN(Cc2ccccc2)C1. The van der Waals surface area contributed by atoms with Crippen molar-refractivity contribution < 1.29 is 14.7 Å². The van der Waals surface area contributed by atoms with Crippen LogP contribution in [0.15, 0.2) is 30.3 Å². The number of nitrogens with zero attached hydrogens (tertiary/aromatic N) is 1. The maximum Gasteiger partial charge on any atom is 0.405 e. The molecule has 1 aromatic carbocycles. The number of amides is 2. The lowest BCUT2D eigenvalue weighted by Crippen LogP contribution is -2.48. The molecule has 0 bridgehead atoms. The summed E-state index contributed by atoms with van der Waals surface area (Å²) in [5.41, 5.74) is 1.25. The van der Waals surface area contributed by atoms with E-state index in [-0.39, 0.29) is 11.9 Å². The molecule has 1 aromatic rings. The number of carbonyl (C=O) groups is 2. The Kier molecular flexibility index (Phi) is 5.16. The number of carbonyl (C=O) groups excluding carboxylic acids is 1. The highest BCUT2D eigenvalue weighted by Gasteiger charge is 2.25. The maximum absolute atomic E-state index is 11.8. The van der Waals surface area contributed by atoms with E-state index in [4.69, 9.17) is 5.11 Å². The maximum atomic E-state index is 11.8. The van der Waals surface area contributed by atoms with Crippen LogP contribution in [0, 0.1) is 0 Å². The van der Waals surface area contributed by atoms with Crippen LogP contribution < -0.4 is 10.6 Å². The molecule has 1 saturated heterocycles. The summed E-state index contributed by atoms with van der Waals surface area (Å²) in [5.74, 6) is -0.274. The van der Waals surface area contributed by atoms with E-state index in [1.54, 1.807) is 6.92 Å². The molecule has 1 aliphatic heterocycles. The number of nitrogens with one attached hydrogen (secondary N) is 2. The second-order valence-electron chi connectivity index (χ2n) is 5.39. The fourth-order valence-corrected chi connectivity index (χ4v) is 2.51. The number of benzene rings is 1. The molecular formula is C15H21N3O3. The molecule has 6 heteroatoms. The predicted octanol–water partition coefficient (Wildman–Crippen LogP) is 1.03. The minimum absolute atomic E-state index is 0.0826. The van der Waals surface area contributed by atoms with Crippen molar-refractivity contribution in [3.8, 4) is 0 Å². The minimum atomic E-state index is -1.19. The van der Waals surface area contributed by atoms with Crippen LogP contribution >= 0.6 is 0 Å². The van der Waals surface area contributed by atoms with Crippen molar-refractivity contribution in [2.24, 2.45) is 0 Å². The van der Waals surface area contributed by atoms with E-state index in [0.717, 1.165) is 26.1 Å². The van der Waals surface area contributed by atoms with E-state index in [9.17, 15) is 9.59 Å². The summed E-state index contributed by atoms with van der Waals surface area (Å²) in [6.07, 6.45) is -0.298. The molecule has 2 atom stereocenters. The summed E-state index contributed by atoms with van der Waals surface area (Å²) in [6, 6.07) is 9.56. The summed E-state index contributed by atoms with van der Waals surface area (Å²) in [6.45, 7) is 4.14. The topological polar surface area (TPSA) is 81.7 Å². The van der Waals surface area contributed by atoms with Crippen LogP contribution in [0.5, 0.6) is 0 Å². The van der Waals surface area contributed by atoms with Gasteiger partial charge in [-0.3, -0.25) is 9.69 Å². The van der Waals surface area contributed by atoms with Crippen molar-refractivity contribution in [3.05, 3.63) is 35.9 Å². The number of carboxylic acid groups (broad SMARTS) is 1. The van der Waals surface area contributed by atoms with E-state index >= 15 is 0 Å². The Bertz CT molecular complexity index is 492. The summed E-state index contributed by atoms with van der Waals surface area (Å²) < 4.78 is 0. The van der Waals surface area contributed by atoms with Gasteiger partial charge >= 0.3 is 6.09 Å². The lowest BCUT2D eigenvalue weighted by atomic mass is 10.2. The zero-order valence-corrected chi connectivity index (χ0v) is 12.1. The average molecular weight is 291 g/mol. The molecule has 2 rings (SSSR count).